The van der Waals surface area contributed by atoms with Gasteiger partial charge in [0.2, 0.25) is 0 Å². The molecule has 2 N–H and O–H groups in total. The minimum absolute atomic E-state index is 0.251. The number of carbonyl (C=O) groups is 1. The molecule has 0 atom stereocenters. The molecule has 3 aromatic rings. The number of benzene rings is 1. The van der Waals surface area contributed by atoms with E-state index in [1.54, 1.807) is 35.1 Å². The molecule has 10 nitrogen and oxygen atoms in total. The van der Waals surface area contributed by atoms with Gasteiger partial charge in [-0.15, -0.1) is 0 Å². The maximum absolute atomic E-state index is 11.7. The summed E-state index contributed by atoms with van der Waals surface area (Å²) in [7, 11) is -3.26. The van der Waals surface area contributed by atoms with Gasteiger partial charge >= 0.3 is 6.09 Å². The lowest BCUT2D eigenvalue weighted by molar-refractivity contribution is 0.124. The first-order chi connectivity index (χ1) is 14.8. The summed E-state index contributed by atoms with van der Waals surface area (Å²) < 4.78 is 25.0. The molecule has 1 aromatic carbocycles. The number of nitrogens with zero attached hydrogens (tertiary/aromatic N) is 5. The molecular formula is C20H24N6O4S. The molecule has 0 bridgehead atoms. The number of sulfone groups is 1. The van der Waals surface area contributed by atoms with Gasteiger partial charge in [0, 0.05) is 25.9 Å². The summed E-state index contributed by atoms with van der Waals surface area (Å²) in [4.78, 5) is 21.5. The van der Waals surface area contributed by atoms with E-state index in [9.17, 15) is 13.2 Å². The highest BCUT2D eigenvalue weighted by atomic mass is 32.2. The Bertz CT molecular complexity index is 1180. The number of nitrogens with one attached hydrogen (secondary N) is 1. The van der Waals surface area contributed by atoms with Crippen LogP contribution in [0.4, 0.5) is 4.79 Å². The van der Waals surface area contributed by atoms with Crippen LogP contribution in [0.5, 0.6) is 0 Å². The third kappa shape index (κ3) is 4.67. The molecule has 1 aliphatic heterocycles. The fraction of sp³-hybridized carbons (Fsp3) is 0.400. The number of fused-ring (bicyclic) bond motifs is 1. The summed E-state index contributed by atoms with van der Waals surface area (Å²) in [6, 6.07) is 6.51. The van der Waals surface area contributed by atoms with Crippen LogP contribution in [0.3, 0.4) is 0 Å². The Balaban J connectivity index is 1.44. The molecule has 0 unspecified atom stereocenters. The molecule has 1 aliphatic rings. The Morgan fingerprint density at radius 1 is 1.19 bits per heavy atom. The number of rotatable bonds is 6. The van der Waals surface area contributed by atoms with Crippen molar-refractivity contribution >= 4 is 27.0 Å². The molecule has 11 heteroatoms. The molecular weight excluding hydrogens is 420 g/mol. The lowest BCUT2D eigenvalue weighted by Crippen LogP contribution is -2.39. The van der Waals surface area contributed by atoms with E-state index in [4.69, 9.17) is 5.11 Å². The van der Waals surface area contributed by atoms with E-state index < -0.39 is 15.9 Å². The highest BCUT2D eigenvalue weighted by molar-refractivity contribution is 7.90. The first kappa shape index (κ1) is 21.2. The zero-order valence-corrected chi connectivity index (χ0v) is 17.9. The standard InChI is InChI=1S/C20H24N6O4S/c1-31(29,30)16-4-2-15(3-5-16)26-19-17(11-24-26)18(22-13-23-19)12-21-10-14-6-8-25(9-7-14)20(27)28/h2-5,11,13-14,21H,6-10,12H2,1H3,(H,27,28). The fourth-order valence-electron chi connectivity index (χ4n) is 3.78. The summed E-state index contributed by atoms with van der Waals surface area (Å²) in [5.41, 5.74) is 2.19. The molecule has 1 saturated heterocycles. The van der Waals surface area contributed by atoms with Gasteiger partial charge in [0.15, 0.2) is 15.5 Å². The van der Waals surface area contributed by atoms with Crippen molar-refractivity contribution in [1.82, 2.24) is 30.0 Å². The highest BCUT2D eigenvalue weighted by Crippen LogP contribution is 2.21. The summed E-state index contributed by atoms with van der Waals surface area (Å²) in [6.07, 6.45) is 5.22. The molecule has 0 saturated carbocycles. The smallest absolute Gasteiger partial charge is 0.407 e. The predicted octanol–water partition coefficient (Wildman–Crippen LogP) is 1.70. The van der Waals surface area contributed by atoms with Gasteiger partial charge in [-0.05, 0) is 49.6 Å². The van der Waals surface area contributed by atoms with Gasteiger partial charge in [-0.2, -0.15) is 5.10 Å². The van der Waals surface area contributed by atoms with Crippen LogP contribution in [-0.4, -0.2) is 70.2 Å². The number of aromatic nitrogens is 4. The second-order valence-electron chi connectivity index (χ2n) is 7.72. The molecule has 0 aliphatic carbocycles. The summed E-state index contributed by atoms with van der Waals surface area (Å²) in [5.74, 6) is 0.434. The average molecular weight is 445 g/mol. The van der Waals surface area contributed by atoms with Crippen LogP contribution in [0, 0.1) is 5.92 Å². The number of piperidine rings is 1. The largest absolute Gasteiger partial charge is 0.465 e. The van der Waals surface area contributed by atoms with Crippen LogP contribution in [0.2, 0.25) is 0 Å². The van der Waals surface area contributed by atoms with E-state index in [2.05, 4.69) is 20.4 Å². The summed E-state index contributed by atoms with van der Waals surface area (Å²) >= 11 is 0. The van der Waals surface area contributed by atoms with E-state index in [-0.39, 0.29) is 4.90 Å². The first-order valence-electron chi connectivity index (χ1n) is 9.99. The van der Waals surface area contributed by atoms with Gasteiger partial charge < -0.3 is 15.3 Å². The zero-order valence-electron chi connectivity index (χ0n) is 17.1. The lowest BCUT2D eigenvalue weighted by atomic mass is 9.97. The number of hydrogen-bond donors (Lipinski definition) is 2. The number of carboxylic acid groups (broad SMARTS) is 1. The van der Waals surface area contributed by atoms with Crippen LogP contribution in [0.1, 0.15) is 18.5 Å². The van der Waals surface area contributed by atoms with Crippen LogP contribution < -0.4 is 5.32 Å². The monoisotopic (exact) mass is 444 g/mol. The van der Waals surface area contributed by atoms with E-state index in [1.807, 2.05) is 0 Å². The topological polar surface area (TPSA) is 130 Å². The normalized spacial score (nSPS) is 15.5. The molecule has 1 fully saturated rings. The third-order valence-corrected chi connectivity index (χ3v) is 6.70. The molecule has 164 valence electrons. The Morgan fingerprint density at radius 3 is 2.55 bits per heavy atom. The Kier molecular flexibility index (Phi) is 5.88. The molecule has 0 spiro atoms. The zero-order chi connectivity index (χ0) is 22.0. The van der Waals surface area contributed by atoms with Crippen molar-refractivity contribution in [2.24, 2.45) is 5.92 Å². The van der Waals surface area contributed by atoms with Crippen molar-refractivity contribution in [2.75, 3.05) is 25.9 Å². The Hall–Kier alpha value is -3.05. The van der Waals surface area contributed by atoms with Gasteiger partial charge in [-0.25, -0.2) is 27.9 Å². The Labute approximate surface area is 179 Å². The summed E-state index contributed by atoms with van der Waals surface area (Å²) in [6.45, 7) is 2.49. The molecule has 2 aromatic heterocycles. The van der Waals surface area contributed by atoms with E-state index >= 15 is 0 Å². The molecule has 1 amide bonds. The number of hydrogen-bond acceptors (Lipinski definition) is 7. The molecule has 4 rings (SSSR count). The van der Waals surface area contributed by atoms with Gasteiger partial charge in [-0.1, -0.05) is 0 Å². The van der Waals surface area contributed by atoms with Crippen molar-refractivity contribution in [2.45, 2.75) is 24.3 Å². The van der Waals surface area contributed by atoms with Gasteiger partial charge in [0.1, 0.15) is 6.33 Å². The molecule has 31 heavy (non-hydrogen) atoms. The first-order valence-corrected chi connectivity index (χ1v) is 11.9. The fourth-order valence-corrected chi connectivity index (χ4v) is 4.41. The second-order valence-corrected chi connectivity index (χ2v) is 9.74. The quantitative estimate of drug-likeness (QED) is 0.587. The predicted molar refractivity (Wildman–Crippen MR) is 114 cm³/mol. The number of likely N-dealkylation sites (tertiary alicyclic amines) is 1. The van der Waals surface area contributed by atoms with Gasteiger partial charge in [0.05, 0.1) is 27.9 Å². The SMILES string of the molecule is CS(=O)(=O)c1ccc(-n2ncc3c(CNCC4CCN(C(=O)O)CC4)ncnc32)cc1. The van der Waals surface area contributed by atoms with Crippen LogP contribution in [0.15, 0.2) is 41.7 Å². The minimum atomic E-state index is -3.26. The summed E-state index contributed by atoms with van der Waals surface area (Å²) in [5, 5.41) is 17.7. The maximum Gasteiger partial charge on any atom is 0.407 e. The van der Waals surface area contributed by atoms with Crippen LogP contribution in [-0.2, 0) is 16.4 Å². The maximum atomic E-state index is 11.7. The van der Waals surface area contributed by atoms with Crippen molar-refractivity contribution in [3.05, 3.63) is 42.5 Å². The number of amides is 1. The lowest BCUT2D eigenvalue weighted by Gasteiger charge is -2.30. The second kappa shape index (κ2) is 8.60. The average Bonchev–Trinajstić information content (AvgIpc) is 3.19. The van der Waals surface area contributed by atoms with Crippen molar-refractivity contribution in [3.8, 4) is 5.69 Å². The van der Waals surface area contributed by atoms with Crippen molar-refractivity contribution < 1.29 is 18.3 Å². The van der Waals surface area contributed by atoms with Crippen LogP contribution >= 0.6 is 0 Å². The van der Waals surface area contributed by atoms with Gasteiger partial charge in [0.25, 0.3) is 0 Å². The molecule has 3 heterocycles. The highest BCUT2D eigenvalue weighted by Gasteiger charge is 2.22. The third-order valence-electron chi connectivity index (χ3n) is 5.57. The minimum Gasteiger partial charge on any atom is -0.465 e. The van der Waals surface area contributed by atoms with Crippen LogP contribution in [0.25, 0.3) is 16.7 Å². The van der Waals surface area contributed by atoms with Crippen molar-refractivity contribution in [3.63, 3.8) is 0 Å². The molecule has 0 radical (unpaired) electrons. The van der Waals surface area contributed by atoms with E-state index in [1.165, 1.54) is 17.5 Å². The Morgan fingerprint density at radius 2 is 1.90 bits per heavy atom. The van der Waals surface area contributed by atoms with Gasteiger partial charge in [-0.3, -0.25) is 0 Å². The van der Waals surface area contributed by atoms with E-state index in [0.29, 0.717) is 36.9 Å². The van der Waals surface area contributed by atoms with Crippen molar-refractivity contribution in [1.29, 1.82) is 0 Å². The van der Waals surface area contributed by atoms with E-state index in [0.717, 1.165) is 30.5 Å².